The summed E-state index contributed by atoms with van der Waals surface area (Å²) >= 11 is 0. The van der Waals surface area contributed by atoms with E-state index in [1.807, 2.05) is 0 Å². The molecule has 0 aliphatic rings. The summed E-state index contributed by atoms with van der Waals surface area (Å²) in [5.74, 6) is 6.86. The van der Waals surface area contributed by atoms with Crippen LogP contribution < -0.4 is 11.7 Å². The van der Waals surface area contributed by atoms with Crippen LogP contribution in [0.4, 0.5) is 0 Å². The van der Waals surface area contributed by atoms with Gasteiger partial charge < -0.3 is 21.9 Å². The zero-order chi connectivity index (χ0) is 17.4. The molecule has 0 saturated heterocycles. The van der Waals surface area contributed by atoms with Crippen LogP contribution in [0.1, 0.15) is 20.7 Å². The molecule has 1 rings (SSSR count). The quantitative estimate of drug-likeness (QED) is 0.156. The van der Waals surface area contributed by atoms with Crippen LogP contribution >= 0.6 is 0 Å². The van der Waals surface area contributed by atoms with Gasteiger partial charge >= 0.3 is 11.9 Å². The Morgan fingerprint density at radius 1 is 0.864 bits per heavy atom. The highest BCUT2D eigenvalue weighted by Gasteiger charge is 2.04. The molecule has 0 fully saturated rings. The Balaban J connectivity index is 0. The molecule has 1 aromatic rings. The van der Waals surface area contributed by atoms with Gasteiger partial charge in [0.15, 0.2) is 12.7 Å². The van der Waals surface area contributed by atoms with Gasteiger partial charge in [-0.2, -0.15) is 10.2 Å². The minimum Gasteiger partial charge on any atom is -0.478 e. The molecule has 0 aromatic heterocycles. The fourth-order valence-corrected chi connectivity index (χ4v) is 0.822. The largest absolute Gasteiger partial charge is 0.478 e. The second-order valence-corrected chi connectivity index (χ2v) is 2.97. The van der Waals surface area contributed by atoms with E-state index in [9.17, 15) is 9.59 Å². The molecule has 22 heavy (non-hydrogen) atoms. The molecule has 0 heterocycles. The number of carboxylic acids is 2. The van der Waals surface area contributed by atoms with Crippen molar-refractivity contribution in [3.8, 4) is 0 Å². The van der Waals surface area contributed by atoms with Crippen LogP contribution in [-0.2, 0) is 0 Å². The Bertz CT molecular complexity index is 491. The predicted molar refractivity (Wildman–Crippen MR) is 76.0 cm³/mol. The predicted octanol–water partition coefficient (Wildman–Crippen LogP) is 0.922. The van der Waals surface area contributed by atoms with Crippen LogP contribution in [0.3, 0.4) is 0 Å². The first kappa shape index (κ1) is 20.6. The molecule has 0 aliphatic heterocycles. The van der Waals surface area contributed by atoms with Gasteiger partial charge in [-0.15, -0.1) is 10.2 Å². The van der Waals surface area contributed by atoms with Crippen LogP contribution in [0.25, 0.3) is 0 Å². The van der Waals surface area contributed by atoms with Gasteiger partial charge in [0.05, 0.1) is 11.1 Å². The summed E-state index contributed by atoms with van der Waals surface area (Å²) in [7, 11) is 0. The van der Waals surface area contributed by atoms with Crippen molar-refractivity contribution in [2.24, 2.45) is 32.1 Å². The molecule has 0 atom stereocenters. The Morgan fingerprint density at radius 2 is 1.14 bits per heavy atom. The van der Waals surface area contributed by atoms with Crippen LogP contribution in [0.15, 0.2) is 44.7 Å². The molecule has 0 amide bonds. The fourth-order valence-electron chi connectivity index (χ4n) is 0.822. The van der Waals surface area contributed by atoms with Gasteiger partial charge in [0.2, 0.25) is 0 Å². The number of aromatic carboxylic acids is 2. The summed E-state index contributed by atoms with van der Waals surface area (Å²) in [5, 5.41) is 28.1. The summed E-state index contributed by atoms with van der Waals surface area (Å²) in [4.78, 5) is 20.7. The second-order valence-electron chi connectivity index (χ2n) is 2.97. The van der Waals surface area contributed by atoms with E-state index in [2.05, 4.69) is 32.1 Å². The molecule has 1 aromatic carbocycles. The number of carboxylic acid groups (broad SMARTS) is 2. The van der Waals surface area contributed by atoms with Crippen molar-refractivity contribution in [1.29, 1.82) is 11.1 Å². The van der Waals surface area contributed by atoms with Crippen molar-refractivity contribution in [1.82, 2.24) is 0 Å². The van der Waals surface area contributed by atoms with Gasteiger partial charge in [-0.1, -0.05) is 0 Å². The third-order valence-electron chi connectivity index (χ3n) is 1.63. The van der Waals surface area contributed by atoms with Crippen LogP contribution in [0.5, 0.6) is 0 Å². The lowest BCUT2D eigenvalue weighted by Crippen LogP contribution is -1.99. The molecular formula is C10H14N8O4. The lowest BCUT2D eigenvalue weighted by atomic mass is 10.1. The number of rotatable bonds is 4. The van der Waals surface area contributed by atoms with Gasteiger partial charge in [0, 0.05) is 0 Å². The van der Waals surface area contributed by atoms with E-state index in [4.69, 9.17) is 21.3 Å². The summed E-state index contributed by atoms with van der Waals surface area (Å²) in [6.07, 6.45) is 1.89. The average molecular weight is 310 g/mol. The number of carbonyl (C=O) groups is 2. The number of hydrogen-bond donors (Lipinski definition) is 6. The SMILES string of the molecule is N=NC=NN.N=NC=NN.O=C(O)c1ccc(C(=O)O)cc1. The zero-order valence-corrected chi connectivity index (χ0v) is 11.1. The number of hydrazone groups is 2. The topological polar surface area (TPSA) is 224 Å². The summed E-state index contributed by atoms with van der Waals surface area (Å²) in [6.45, 7) is 0. The molecule has 0 aliphatic carbocycles. The number of nitrogens with two attached hydrogens (primary N) is 2. The number of benzene rings is 1. The van der Waals surface area contributed by atoms with E-state index in [-0.39, 0.29) is 11.1 Å². The average Bonchev–Trinajstić information content (AvgIpc) is 2.50. The molecule has 118 valence electrons. The fraction of sp³-hybridized carbons (Fsp3) is 0. The Labute approximate surface area is 124 Å². The molecular weight excluding hydrogens is 296 g/mol. The minimum absolute atomic E-state index is 0.0833. The Kier molecular flexibility index (Phi) is 12.9. The van der Waals surface area contributed by atoms with Gasteiger partial charge in [-0.3, -0.25) is 0 Å². The second kappa shape index (κ2) is 13.7. The standard InChI is InChI=1S/C8H6O4.2CH4N4/c9-7(10)5-1-2-6(4-3-5)8(11)12;2*2-4-1-5-3/h1-4H,(H,9,10)(H,11,12);2*1-2H,3H2. The van der Waals surface area contributed by atoms with E-state index in [0.29, 0.717) is 0 Å². The highest BCUT2D eigenvalue weighted by molar-refractivity contribution is 5.91. The highest BCUT2D eigenvalue weighted by atomic mass is 16.4. The van der Waals surface area contributed by atoms with E-state index >= 15 is 0 Å². The molecule has 0 bridgehead atoms. The number of hydrogen-bond acceptors (Lipinski definition) is 8. The van der Waals surface area contributed by atoms with Crippen molar-refractivity contribution in [3.05, 3.63) is 35.4 Å². The molecule has 0 spiro atoms. The molecule has 0 unspecified atom stereocenters. The number of nitrogens with zero attached hydrogens (tertiary/aromatic N) is 4. The normalized spacial score (nSPS) is 9.09. The highest BCUT2D eigenvalue weighted by Crippen LogP contribution is 2.03. The van der Waals surface area contributed by atoms with E-state index < -0.39 is 11.9 Å². The van der Waals surface area contributed by atoms with Gasteiger partial charge in [-0.05, 0) is 24.3 Å². The van der Waals surface area contributed by atoms with Crippen LogP contribution in [0, 0.1) is 11.1 Å². The summed E-state index contributed by atoms with van der Waals surface area (Å²) in [5.41, 5.74) is 12.2. The van der Waals surface area contributed by atoms with E-state index in [0.717, 1.165) is 12.7 Å². The van der Waals surface area contributed by atoms with Gasteiger partial charge in [0.25, 0.3) is 0 Å². The minimum atomic E-state index is -1.06. The van der Waals surface area contributed by atoms with E-state index in [1.54, 1.807) is 0 Å². The zero-order valence-electron chi connectivity index (χ0n) is 11.1. The monoisotopic (exact) mass is 310 g/mol. The van der Waals surface area contributed by atoms with Crippen LogP contribution in [0.2, 0.25) is 0 Å². The van der Waals surface area contributed by atoms with Gasteiger partial charge in [0.1, 0.15) is 0 Å². The maximum atomic E-state index is 10.3. The maximum Gasteiger partial charge on any atom is 0.335 e. The molecule has 0 saturated carbocycles. The number of nitrogens with one attached hydrogen (secondary N) is 2. The lowest BCUT2D eigenvalue weighted by Gasteiger charge is -1.94. The van der Waals surface area contributed by atoms with Crippen molar-refractivity contribution < 1.29 is 19.8 Å². The molecule has 12 heteroatoms. The first-order valence-corrected chi connectivity index (χ1v) is 5.17. The first-order valence-electron chi connectivity index (χ1n) is 5.17. The first-order chi connectivity index (χ1) is 10.4. The smallest absolute Gasteiger partial charge is 0.335 e. The van der Waals surface area contributed by atoms with Crippen molar-refractivity contribution in [2.75, 3.05) is 0 Å². The Morgan fingerprint density at radius 3 is 1.23 bits per heavy atom. The van der Waals surface area contributed by atoms with Crippen LogP contribution in [-0.4, -0.2) is 34.8 Å². The maximum absolute atomic E-state index is 10.3. The van der Waals surface area contributed by atoms with Crippen molar-refractivity contribution in [2.45, 2.75) is 0 Å². The van der Waals surface area contributed by atoms with Crippen molar-refractivity contribution >= 4 is 24.6 Å². The molecule has 12 nitrogen and oxygen atoms in total. The molecule has 8 N–H and O–H groups in total. The van der Waals surface area contributed by atoms with Crippen molar-refractivity contribution in [3.63, 3.8) is 0 Å². The molecule has 0 radical (unpaired) electrons. The lowest BCUT2D eigenvalue weighted by molar-refractivity contribution is 0.0681. The summed E-state index contributed by atoms with van der Waals surface area (Å²) in [6, 6.07) is 5.02. The third kappa shape index (κ3) is 11.4. The Hall–Kier alpha value is -3.70. The van der Waals surface area contributed by atoms with E-state index in [1.165, 1.54) is 24.3 Å². The summed E-state index contributed by atoms with van der Waals surface area (Å²) < 4.78 is 0. The third-order valence-corrected chi connectivity index (χ3v) is 1.63. The van der Waals surface area contributed by atoms with Gasteiger partial charge in [-0.25, -0.2) is 20.7 Å².